The second kappa shape index (κ2) is 2.19. The summed E-state index contributed by atoms with van der Waals surface area (Å²) in [4.78, 5) is 6.31. The van der Waals surface area contributed by atoms with Crippen LogP contribution in [0.4, 0.5) is 0 Å². The molecule has 0 bridgehead atoms. The summed E-state index contributed by atoms with van der Waals surface area (Å²) in [7, 11) is 0. The van der Waals surface area contributed by atoms with Crippen LogP contribution in [-0.2, 0) is 0 Å². The Morgan fingerprint density at radius 1 is 1.75 bits per heavy atom. The van der Waals surface area contributed by atoms with E-state index in [-0.39, 0.29) is 5.82 Å². The molecule has 0 atom stereocenters. The lowest BCUT2D eigenvalue weighted by Gasteiger charge is -1.74. The molecule has 1 aromatic rings. The van der Waals surface area contributed by atoms with Crippen LogP contribution in [-0.4, -0.2) is 9.97 Å². The van der Waals surface area contributed by atoms with Gasteiger partial charge in [-0.15, -0.1) is 0 Å². The van der Waals surface area contributed by atoms with Crippen LogP contribution < -0.4 is 0 Å². The fourth-order valence-corrected chi connectivity index (χ4v) is 0.884. The zero-order valence-electron chi connectivity index (χ0n) is 6.70. The van der Waals surface area contributed by atoms with E-state index in [0.717, 1.165) is 0 Å². The summed E-state index contributed by atoms with van der Waals surface area (Å²) in [5.41, 5.74) is 0. The Hall–Kier alpha value is 0.170. The van der Waals surface area contributed by atoms with Crippen molar-refractivity contribution >= 4 is 31.9 Å². The van der Waals surface area contributed by atoms with Gasteiger partial charge in [-0.25, -0.2) is 4.98 Å². The van der Waals surface area contributed by atoms with Crippen molar-refractivity contribution in [1.29, 1.82) is 0 Å². The van der Waals surface area contributed by atoms with Crippen molar-refractivity contribution in [2.24, 2.45) is 0 Å². The number of hydrogen-bond acceptors (Lipinski definition) is 1. The van der Waals surface area contributed by atoms with E-state index in [1.54, 1.807) is 0 Å². The third kappa shape index (κ3) is 1.11. The molecule has 0 aliphatic rings. The maximum absolute atomic E-state index is 6.98. The Kier molecular flexibility index (Phi) is 0.921. The van der Waals surface area contributed by atoms with Crippen molar-refractivity contribution in [2.75, 3.05) is 0 Å². The molecule has 8 heavy (non-hydrogen) atoms. The molecule has 1 aromatic heterocycles. The number of nitrogens with one attached hydrogen (secondary N) is 1. The van der Waals surface area contributed by atoms with E-state index < -0.39 is 6.85 Å². The molecular weight excluding hydrogens is 236 g/mol. The number of aromatic amines is 1. The maximum atomic E-state index is 6.98. The molecule has 1 N–H and O–H groups in total. The van der Waals surface area contributed by atoms with E-state index in [9.17, 15) is 0 Å². The Bertz CT molecular complexity index is 247. The molecule has 0 saturated heterocycles. The van der Waals surface area contributed by atoms with Gasteiger partial charge in [0.1, 0.15) is 15.0 Å². The highest BCUT2D eigenvalue weighted by Crippen LogP contribution is 2.18. The highest BCUT2D eigenvalue weighted by molar-refractivity contribution is 9.13. The summed E-state index contributed by atoms with van der Waals surface area (Å²) in [5.74, 6) is -0.0174. The first-order chi connectivity index (χ1) is 4.91. The van der Waals surface area contributed by atoms with Gasteiger partial charge in [-0.05, 0) is 38.7 Å². The summed E-state index contributed by atoms with van der Waals surface area (Å²) >= 11 is 6.16. The molecule has 4 heteroatoms. The Morgan fingerprint density at radius 3 is 2.75 bits per heavy atom. The SMILES string of the molecule is [2H]C([2H])([2H])c1nc(Br)c(Br)[nH]1. The second-order valence-electron chi connectivity index (χ2n) is 1.19. The molecule has 44 valence electrons. The van der Waals surface area contributed by atoms with Crippen LogP contribution in [0.15, 0.2) is 9.21 Å². The molecule has 2 nitrogen and oxygen atoms in total. The first-order valence-corrected chi connectivity index (χ1v) is 3.41. The minimum absolute atomic E-state index is 0.0174. The number of hydrogen-bond donors (Lipinski definition) is 1. The highest BCUT2D eigenvalue weighted by Gasteiger charge is 1.97. The molecule has 0 aliphatic heterocycles. The summed E-state index contributed by atoms with van der Waals surface area (Å²) in [5, 5.41) is 0. The largest absolute Gasteiger partial charge is 0.336 e. The molecule has 1 heterocycles. The van der Waals surface area contributed by atoms with Gasteiger partial charge in [0.25, 0.3) is 0 Å². The number of aromatic nitrogens is 2. The number of nitrogens with zero attached hydrogens (tertiary/aromatic N) is 1. The summed E-state index contributed by atoms with van der Waals surface area (Å²) in [6.07, 6.45) is 0. The molecule has 0 radical (unpaired) electrons. The zero-order chi connectivity index (χ0) is 8.65. The molecule has 0 spiro atoms. The Morgan fingerprint density at radius 2 is 2.50 bits per heavy atom. The van der Waals surface area contributed by atoms with Crippen molar-refractivity contribution < 1.29 is 4.11 Å². The molecule has 0 unspecified atom stereocenters. The van der Waals surface area contributed by atoms with E-state index in [4.69, 9.17) is 4.11 Å². The van der Waals surface area contributed by atoms with Gasteiger partial charge in [0.05, 0.1) is 0 Å². The van der Waals surface area contributed by atoms with Gasteiger partial charge in [-0.3, -0.25) is 0 Å². The van der Waals surface area contributed by atoms with E-state index in [1.165, 1.54) is 0 Å². The number of H-pyrrole nitrogens is 1. The topological polar surface area (TPSA) is 28.7 Å². The lowest BCUT2D eigenvalue weighted by molar-refractivity contribution is 1.14. The molecule has 1 rings (SSSR count). The minimum atomic E-state index is -2.17. The zero-order valence-corrected chi connectivity index (χ0v) is 6.88. The van der Waals surface area contributed by atoms with Gasteiger partial charge in [-0.1, -0.05) is 0 Å². The van der Waals surface area contributed by atoms with Gasteiger partial charge in [0, 0.05) is 4.11 Å². The smallest absolute Gasteiger partial charge is 0.138 e. The van der Waals surface area contributed by atoms with E-state index in [2.05, 4.69) is 41.8 Å². The van der Waals surface area contributed by atoms with Crippen LogP contribution in [0.5, 0.6) is 0 Å². The number of halogens is 2. The van der Waals surface area contributed by atoms with Crippen molar-refractivity contribution in [1.82, 2.24) is 9.97 Å². The first-order valence-electron chi connectivity index (χ1n) is 3.33. The molecule has 0 fully saturated rings. The number of aryl methyl sites for hydroxylation is 1. The molecule has 0 aliphatic carbocycles. The van der Waals surface area contributed by atoms with Crippen molar-refractivity contribution in [3.05, 3.63) is 15.0 Å². The highest BCUT2D eigenvalue weighted by atomic mass is 79.9. The quantitative estimate of drug-likeness (QED) is 0.743. The van der Waals surface area contributed by atoms with Gasteiger partial charge in [0.15, 0.2) is 0 Å². The fourth-order valence-electron chi connectivity index (χ4n) is 0.331. The van der Waals surface area contributed by atoms with Crippen molar-refractivity contribution in [3.8, 4) is 0 Å². The average Bonchev–Trinajstić information content (AvgIpc) is 2.11. The predicted octanol–water partition coefficient (Wildman–Crippen LogP) is 2.24. The first kappa shape index (κ1) is 3.37. The average molecular weight is 243 g/mol. The van der Waals surface area contributed by atoms with Crippen molar-refractivity contribution in [2.45, 2.75) is 6.85 Å². The number of imidazole rings is 1. The van der Waals surface area contributed by atoms with E-state index in [0.29, 0.717) is 9.21 Å². The molecule has 0 aromatic carbocycles. The minimum Gasteiger partial charge on any atom is -0.336 e. The van der Waals surface area contributed by atoms with Gasteiger partial charge < -0.3 is 4.98 Å². The van der Waals surface area contributed by atoms with Crippen LogP contribution >= 0.6 is 31.9 Å². The maximum Gasteiger partial charge on any atom is 0.138 e. The monoisotopic (exact) mass is 241 g/mol. The molecule has 0 saturated carbocycles. The van der Waals surface area contributed by atoms with Crippen molar-refractivity contribution in [3.63, 3.8) is 0 Å². The van der Waals surface area contributed by atoms with Gasteiger partial charge >= 0.3 is 0 Å². The summed E-state index contributed by atoms with van der Waals surface area (Å²) in [6.45, 7) is -2.17. The Balaban J connectivity index is 3.08. The Labute approximate surface area is 68.2 Å². The number of rotatable bonds is 0. The van der Waals surface area contributed by atoms with Gasteiger partial charge in [0.2, 0.25) is 0 Å². The third-order valence-electron chi connectivity index (χ3n) is 0.619. The summed E-state index contributed by atoms with van der Waals surface area (Å²) in [6, 6.07) is 0. The van der Waals surface area contributed by atoms with E-state index in [1.807, 2.05) is 0 Å². The van der Waals surface area contributed by atoms with Gasteiger partial charge in [-0.2, -0.15) is 0 Å². The van der Waals surface area contributed by atoms with Crippen LogP contribution in [0.25, 0.3) is 0 Å². The predicted molar refractivity (Wildman–Crippen MR) is 38.7 cm³/mol. The third-order valence-corrected chi connectivity index (χ3v) is 2.30. The molecule has 0 amide bonds. The lowest BCUT2D eigenvalue weighted by Crippen LogP contribution is -1.68. The van der Waals surface area contributed by atoms with Crippen LogP contribution in [0.1, 0.15) is 9.94 Å². The van der Waals surface area contributed by atoms with E-state index >= 15 is 0 Å². The van der Waals surface area contributed by atoms with Crippen LogP contribution in [0.3, 0.4) is 0 Å². The summed E-state index contributed by atoms with van der Waals surface area (Å²) < 4.78 is 22.0. The van der Waals surface area contributed by atoms with Crippen LogP contribution in [0, 0.1) is 6.85 Å². The molecular formula is C4H4Br2N2. The van der Waals surface area contributed by atoms with Crippen LogP contribution in [0.2, 0.25) is 0 Å². The standard InChI is InChI=1S/C4H4Br2N2/c1-2-7-3(5)4(6)8-2/h1H3,(H,7,8)/i1D3. The fraction of sp³-hybridized carbons (Fsp3) is 0.250. The second-order valence-corrected chi connectivity index (χ2v) is 2.73. The lowest BCUT2D eigenvalue weighted by atomic mass is 10.8. The normalized spacial score (nSPS) is 17.0.